The van der Waals surface area contributed by atoms with Gasteiger partial charge in [-0.25, -0.2) is 0 Å². The highest BCUT2D eigenvalue weighted by atomic mass is 16.1. The lowest BCUT2D eigenvalue weighted by Crippen LogP contribution is -2.41. The van der Waals surface area contributed by atoms with Crippen LogP contribution in [-0.2, 0) is 4.79 Å². The standard InChI is InChI=1S/C21H30N4O/c1-3-18(15-20(22)26)24-10-5-11-25(13-12-24)19-14-16(2)7-8-17-6-4-9-23-21(17)19/h4,6-9,18H,3,5,10-15H2,1-2H3,(H2,22,26). The van der Waals surface area contributed by atoms with E-state index in [1.807, 2.05) is 12.3 Å². The van der Waals surface area contributed by atoms with Crippen molar-refractivity contribution in [2.75, 3.05) is 26.2 Å². The zero-order valence-electron chi connectivity index (χ0n) is 15.9. The molecule has 140 valence electrons. The quantitative estimate of drug-likeness (QED) is 0.856. The van der Waals surface area contributed by atoms with Crippen molar-refractivity contribution in [1.29, 1.82) is 0 Å². The van der Waals surface area contributed by atoms with Crippen molar-refractivity contribution >= 4 is 17.7 Å². The summed E-state index contributed by atoms with van der Waals surface area (Å²) in [6.45, 7) is 8.30. The average molecular weight is 354 g/mol. The molecule has 1 saturated heterocycles. The van der Waals surface area contributed by atoms with Crippen LogP contribution in [0.3, 0.4) is 0 Å². The maximum absolute atomic E-state index is 11.4. The number of aromatic nitrogens is 1. The normalized spacial score (nSPS) is 19.7. The highest BCUT2D eigenvalue weighted by Gasteiger charge is 2.24. The molecule has 5 heteroatoms. The SMILES string of the molecule is CCC(CC(N)=O)N1CCCN(C2=c3ncccc3=CC=C(C)C2)CC1. The van der Waals surface area contributed by atoms with E-state index in [-0.39, 0.29) is 11.9 Å². The van der Waals surface area contributed by atoms with Gasteiger partial charge in [-0.2, -0.15) is 0 Å². The van der Waals surface area contributed by atoms with Gasteiger partial charge in [0.2, 0.25) is 5.91 Å². The monoisotopic (exact) mass is 354 g/mol. The van der Waals surface area contributed by atoms with Gasteiger partial charge < -0.3 is 10.6 Å². The smallest absolute Gasteiger partial charge is 0.218 e. The second-order valence-electron chi connectivity index (χ2n) is 7.35. The van der Waals surface area contributed by atoms with Gasteiger partial charge in [-0.3, -0.25) is 14.7 Å². The fourth-order valence-electron chi connectivity index (χ4n) is 4.03. The van der Waals surface area contributed by atoms with Gasteiger partial charge in [-0.15, -0.1) is 0 Å². The topological polar surface area (TPSA) is 62.5 Å². The first-order valence-electron chi connectivity index (χ1n) is 9.67. The minimum absolute atomic E-state index is 0.203. The van der Waals surface area contributed by atoms with Gasteiger partial charge in [0.25, 0.3) is 0 Å². The highest BCUT2D eigenvalue weighted by Crippen LogP contribution is 2.20. The Kier molecular flexibility index (Phi) is 6.09. The van der Waals surface area contributed by atoms with Crippen LogP contribution in [0, 0.1) is 0 Å². The third kappa shape index (κ3) is 4.33. The first kappa shape index (κ1) is 18.6. The molecule has 1 aliphatic carbocycles. The summed E-state index contributed by atoms with van der Waals surface area (Å²) in [6, 6.07) is 4.40. The van der Waals surface area contributed by atoms with Crippen LogP contribution in [0.4, 0.5) is 0 Å². The molecule has 2 N–H and O–H groups in total. The van der Waals surface area contributed by atoms with Crippen LogP contribution in [0.25, 0.3) is 11.8 Å². The van der Waals surface area contributed by atoms with E-state index in [1.165, 1.54) is 16.5 Å². The number of rotatable bonds is 5. The van der Waals surface area contributed by atoms with Crippen molar-refractivity contribution in [3.8, 4) is 0 Å². The van der Waals surface area contributed by atoms with Gasteiger partial charge in [0, 0.05) is 62.2 Å². The number of amides is 1. The molecule has 1 fully saturated rings. The van der Waals surface area contributed by atoms with E-state index in [1.54, 1.807) is 0 Å². The van der Waals surface area contributed by atoms with Gasteiger partial charge in [0.1, 0.15) is 0 Å². The molecule has 3 rings (SSSR count). The van der Waals surface area contributed by atoms with Crippen molar-refractivity contribution in [1.82, 2.24) is 14.8 Å². The van der Waals surface area contributed by atoms with Crippen LogP contribution in [0.15, 0.2) is 30.0 Å². The van der Waals surface area contributed by atoms with E-state index < -0.39 is 0 Å². The van der Waals surface area contributed by atoms with Crippen molar-refractivity contribution < 1.29 is 4.79 Å². The number of primary amides is 1. The molecule has 26 heavy (non-hydrogen) atoms. The van der Waals surface area contributed by atoms with Crippen LogP contribution in [0.5, 0.6) is 0 Å². The first-order valence-corrected chi connectivity index (χ1v) is 9.67. The van der Waals surface area contributed by atoms with Crippen molar-refractivity contribution in [3.05, 3.63) is 40.5 Å². The number of allylic oxidation sites excluding steroid dienone is 1. The fraction of sp³-hybridized carbons (Fsp3) is 0.524. The summed E-state index contributed by atoms with van der Waals surface area (Å²) in [5, 5.41) is 2.30. The molecule has 2 aliphatic rings. The van der Waals surface area contributed by atoms with E-state index in [9.17, 15) is 4.79 Å². The number of carbonyl (C=O) groups is 1. The lowest BCUT2D eigenvalue weighted by molar-refractivity contribution is -0.119. The average Bonchev–Trinajstić information content (AvgIpc) is 2.97. The molecule has 1 aromatic heterocycles. The summed E-state index contributed by atoms with van der Waals surface area (Å²) >= 11 is 0. The summed E-state index contributed by atoms with van der Waals surface area (Å²) in [5.74, 6) is -0.203. The van der Waals surface area contributed by atoms with Crippen LogP contribution in [0.2, 0.25) is 0 Å². The second-order valence-corrected chi connectivity index (χ2v) is 7.35. The number of nitrogens with two attached hydrogens (primary N) is 1. The minimum Gasteiger partial charge on any atom is -0.371 e. The zero-order valence-corrected chi connectivity index (χ0v) is 15.9. The Morgan fingerprint density at radius 1 is 1.27 bits per heavy atom. The summed E-state index contributed by atoms with van der Waals surface area (Å²) in [7, 11) is 0. The maximum atomic E-state index is 11.4. The molecule has 0 aromatic carbocycles. The molecule has 1 aliphatic heterocycles. The lowest BCUT2D eigenvalue weighted by atomic mass is 10.1. The number of hydrogen-bond acceptors (Lipinski definition) is 4. The van der Waals surface area contributed by atoms with Gasteiger partial charge in [-0.05, 0) is 25.8 Å². The molecule has 1 amide bonds. The molecule has 0 spiro atoms. The van der Waals surface area contributed by atoms with Gasteiger partial charge in [-0.1, -0.05) is 30.7 Å². The van der Waals surface area contributed by atoms with E-state index in [2.05, 4.69) is 41.9 Å². The number of hydrogen-bond donors (Lipinski definition) is 1. The Morgan fingerprint density at radius 3 is 2.88 bits per heavy atom. The van der Waals surface area contributed by atoms with Crippen molar-refractivity contribution in [2.45, 2.75) is 45.6 Å². The summed E-state index contributed by atoms with van der Waals surface area (Å²) in [4.78, 5) is 21.0. The predicted octanol–water partition coefficient (Wildman–Crippen LogP) is 0.982. The molecular weight excluding hydrogens is 324 g/mol. The Bertz CT molecular complexity index is 798. The second kappa shape index (κ2) is 8.49. The molecule has 1 unspecified atom stereocenters. The third-order valence-corrected chi connectivity index (χ3v) is 5.44. The molecule has 0 saturated carbocycles. The Labute approximate surface area is 155 Å². The third-order valence-electron chi connectivity index (χ3n) is 5.44. The van der Waals surface area contributed by atoms with E-state index in [0.717, 1.165) is 50.8 Å². The Morgan fingerprint density at radius 2 is 2.12 bits per heavy atom. The molecule has 0 bridgehead atoms. The first-order chi connectivity index (χ1) is 12.6. The summed E-state index contributed by atoms with van der Waals surface area (Å²) in [6.07, 6.45) is 9.71. The highest BCUT2D eigenvalue weighted by molar-refractivity contribution is 5.74. The molecule has 5 nitrogen and oxygen atoms in total. The van der Waals surface area contributed by atoms with E-state index in [4.69, 9.17) is 10.7 Å². The summed E-state index contributed by atoms with van der Waals surface area (Å²) in [5.41, 5.74) is 8.13. The largest absolute Gasteiger partial charge is 0.371 e. The number of carbonyl (C=O) groups excluding carboxylic acids is 1. The number of pyridine rings is 1. The minimum atomic E-state index is -0.203. The maximum Gasteiger partial charge on any atom is 0.218 e. The number of nitrogens with zero attached hydrogens (tertiary/aromatic N) is 3. The molecule has 1 atom stereocenters. The van der Waals surface area contributed by atoms with Crippen molar-refractivity contribution in [3.63, 3.8) is 0 Å². The predicted molar refractivity (Wildman–Crippen MR) is 105 cm³/mol. The summed E-state index contributed by atoms with van der Waals surface area (Å²) < 4.78 is 0. The van der Waals surface area contributed by atoms with Crippen LogP contribution in [0.1, 0.15) is 39.5 Å². The van der Waals surface area contributed by atoms with Crippen molar-refractivity contribution in [2.24, 2.45) is 5.73 Å². The molecule has 0 radical (unpaired) electrons. The van der Waals surface area contributed by atoms with Crippen LogP contribution >= 0.6 is 0 Å². The van der Waals surface area contributed by atoms with Crippen LogP contribution < -0.4 is 16.3 Å². The molecule has 2 heterocycles. The Hall–Kier alpha value is -2.14. The van der Waals surface area contributed by atoms with E-state index >= 15 is 0 Å². The van der Waals surface area contributed by atoms with Gasteiger partial charge >= 0.3 is 0 Å². The van der Waals surface area contributed by atoms with Gasteiger partial charge in [0.15, 0.2) is 0 Å². The number of fused-ring (bicyclic) bond motifs is 1. The zero-order chi connectivity index (χ0) is 18.5. The molecular formula is C21H30N4O. The van der Waals surface area contributed by atoms with E-state index in [0.29, 0.717) is 6.42 Å². The van der Waals surface area contributed by atoms with Gasteiger partial charge in [0.05, 0.1) is 5.35 Å². The van der Waals surface area contributed by atoms with Crippen LogP contribution in [-0.4, -0.2) is 52.9 Å². The Balaban J connectivity index is 1.84. The molecule has 1 aromatic rings. The lowest BCUT2D eigenvalue weighted by Gasteiger charge is -2.30. The fourth-order valence-corrected chi connectivity index (χ4v) is 4.03.